The van der Waals surface area contributed by atoms with Crippen LogP contribution in [0.15, 0.2) is 12.3 Å². The molecule has 1 heterocycles. The van der Waals surface area contributed by atoms with Crippen LogP contribution in [-0.2, 0) is 9.84 Å². The number of nitrogens with one attached hydrogen (secondary N) is 2. The Kier molecular flexibility index (Phi) is 3.92. The maximum absolute atomic E-state index is 11.5. The number of nitrogens with zero attached hydrogens (tertiary/aromatic N) is 2. The van der Waals surface area contributed by atoms with E-state index < -0.39 is 14.6 Å². The van der Waals surface area contributed by atoms with E-state index in [-0.39, 0.29) is 0 Å². The first-order valence-electron chi connectivity index (χ1n) is 5.20. The Labute approximate surface area is 102 Å². The lowest BCUT2D eigenvalue weighted by molar-refractivity contribution is 0.559. The second-order valence-corrected chi connectivity index (χ2v) is 7.05. The van der Waals surface area contributed by atoms with Crippen LogP contribution in [0.4, 0.5) is 11.8 Å². The van der Waals surface area contributed by atoms with Crippen LogP contribution >= 0.6 is 0 Å². The van der Waals surface area contributed by atoms with Gasteiger partial charge in [-0.3, -0.25) is 0 Å². The Morgan fingerprint density at radius 3 is 2.59 bits per heavy atom. The zero-order valence-corrected chi connectivity index (χ0v) is 11.3. The molecule has 7 heteroatoms. The molecule has 17 heavy (non-hydrogen) atoms. The van der Waals surface area contributed by atoms with Gasteiger partial charge in [-0.1, -0.05) is 0 Å². The van der Waals surface area contributed by atoms with E-state index in [9.17, 15) is 8.42 Å². The van der Waals surface area contributed by atoms with Gasteiger partial charge in [0, 0.05) is 26.0 Å². The number of sulfone groups is 1. The molecule has 1 rings (SSSR count). The van der Waals surface area contributed by atoms with Gasteiger partial charge in [-0.05, 0) is 19.9 Å². The average Bonchev–Trinajstić information content (AvgIpc) is 2.25. The van der Waals surface area contributed by atoms with Crippen LogP contribution in [0.25, 0.3) is 0 Å². The molecule has 0 aliphatic heterocycles. The van der Waals surface area contributed by atoms with Crippen molar-refractivity contribution in [2.75, 3.05) is 30.5 Å². The molecule has 6 nitrogen and oxygen atoms in total. The molecular formula is C10H18N4O2S. The van der Waals surface area contributed by atoms with E-state index in [0.29, 0.717) is 18.3 Å². The molecule has 0 unspecified atom stereocenters. The first-order valence-corrected chi connectivity index (χ1v) is 7.10. The number of rotatable bonds is 5. The van der Waals surface area contributed by atoms with Crippen LogP contribution in [0.2, 0.25) is 0 Å². The molecule has 0 radical (unpaired) electrons. The maximum Gasteiger partial charge on any atom is 0.224 e. The van der Waals surface area contributed by atoms with Crippen LogP contribution in [-0.4, -0.2) is 43.0 Å². The standard InChI is InChI=1S/C10H18N4O2S/c1-10(2,17(4,15)16)7-13-8-5-6-12-9(11-3)14-8/h5-6H,7H2,1-4H3,(H2,11,12,13,14). The summed E-state index contributed by atoms with van der Waals surface area (Å²) in [7, 11) is -1.39. The molecule has 0 fully saturated rings. The fourth-order valence-electron chi connectivity index (χ4n) is 1.01. The molecular weight excluding hydrogens is 240 g/mol. The normalized spacial score (nSPS) is 12.2. The van der Waals surface area contributed by atoms with E-state index in [1.807, 2.05) is 0 Å². The van der Waals surface area contributed by atoms with Gasteiger partial charge in [-0.25, -0.2) is 13.4 Å². The molecule has 0 aliphatic carbocycles. The van der Waals surface area contributed by atoms with E-state index in [0.717, 1.165) is 0 Å². The number of hydrogen-bond acceptors (Lipinski definition) is 6. The summed E-state index contributed by atoms with van der Waals surface area (Å²) in [6.45, 7) is 3.65. The zero-order valence-electron chi connectivity index (χ0n) is 10.5. The summed E-state index contributed by atoms with van der Waals surface area (Å²) < 4.78 is 22.2. The van der Waals surface area contributed by atoms with E-state index in [2.05, 4.69) is 20.6 Å². The van der Waals surface area contributed by atoms with Crippen molar-refractivity contribution in [3.05, 3.63) is 12.3 Å². The van der Waals surface area contributed by atoms with E-state index in [4.69, 9.17) is 0 Å². The first-order chi connectivity index (χ1) is 7.76. The highest BCUT2D eigenvalue weighted by Crippen LogP contribution is 2.16. The van der Waals surface area contributed by atoms with Gasteiger partial charge in [-0.2, -0.15) is 4.98 Å². The van der Waals surface area contributed by atoms with Crippen LogP contribution in [0.3, 0.4) is 0 Å². The van der Waals surface area contributed by atoms with Crippen molar-refractivity contribution in [1.29, 1.82) is 0 Å². The zero-order chi connectivity index (χ0) is 13.1. The predicted octanol–water partition coefficient (Wildman–Crippen LogP) is 0.753. The van der Waals surface area contributed by atoms with Gasteiger partial charge >= 0.3 is 0 Å². The Bertz CT molecular complexity index is 485. The quantitative estimate of drug-likeness (QED) is 0.811. The minimum Gasteiger partial charge on any atom is -0.368 e. The lowest BCUT2D eigenvalue weighted by atomic mass is 10.2. The summed E-state index contributed by atoms with van der Waals surface area (Å²) in [6, 6.07) is 1.69. The molecule has 0 aliphatic rings. The summed E-state index contributed by atoms with van der Waals surface area (Å²) in [5.41, 5.74) is 0. The summed E-state index contributed by atoms with van der Waals surface area (Å²) in [6.07, 6.45) is 2.84. The van der Waals surface area contributed by atoms with Gasteiger partial charge < -0.3 is 10.6 Å². The van der Waals surface area contributed by atoms with Crippen LogP contribution in [0.1, 0.15) is 13.8 Å². The third-order valence-electron chi connectivity index (χ3n) is 2.58. The largest absolute Gasteiger partial charge is 0.368 e. The van der Waals surface area contributed by atoms with E-state index >= 15 is 0 Å². The van der Waals surface area contributed by atoms with Crippen LogP contribution in [0, 0.1) is 0 Å². The van der Waals surface area contributed by atoms with Crippen LogP contribution in [0.5, 0.6) is 0 Å². The minimum atomic E-state index is -3.11. The Morgan fingerprint density at radius 2 is 2.06 bits per heavy atom. The monoisotopic (exact) mass is 258 g/mol. The predicted molar refractivity (Wildman–Crippen MR) is 69.0 cm³/mol. The lowest BCUT2D eigenvalue weighted by Crippen LogP contribution is -2.38. The molecule has 0 atom stereocenters. The molecule has 1 aromatic rings. The van der Waals surface area contributed by atoms with Crippen molar-refractivity contribution >= 4 is 21.6 Å². The molecule has 0 saturated heterocycles. The molecule has 96 valence electrons. The molecule has 0 saturated carbocycles. The molecule has 2 N–H and O–H groups in total. The van der Waals surface area contributed by atoms with Gasteiger partial charge in [0.15, 0.2) is 9.84 Å². The second kappa shape index (κ2) is 4.87. The smallest absolute Gasteiger partial charge is 0.224 e. The highest BCUT2D eigenvalue weighted by Gasteiger charge is 2.29. The molecule has 0 aromatic carbocycles. The average molecular weight is 258 g/mol. The van der Waals surface area contributed by atoms with Crippen molar-refractivity contribution in [3.8, 4) is 0 Å². The summed E-state index contributed by atoms with van der Waals surface area (Å²) in [5, 5.41) is 5.81. The van der Waals surface area contributed by atoms with Gasteiger partial charge in [-0.15, -0.1) is 0 Å². The highest BCUT2D eigenvalue weighted by molar-refractivity contribution is 7.92. The third-order valence-corrected chi connectivity index (χ3v) is 4.73. The fraction of sp³-hybridized carbons (Fsp3) is 0.600. The third kappa shape index (κ3) is 3.55. The van der Waals surface area contributed by atoms with Gasteiger partial charge in [0.1, 0.15) is 5.82 Å². The number of hydrogen-bond donors (Lipinski definition) is 2. The molecule has 0 spiro atoms. The van der Waals surface area contributed by atoms with Crippen LogP contribution < -0.4 is 10.6 Å². The first kappa shape index (κ1) is 13.7. The van der Waals surface area contributed by atoms with Gasteiger partial charge in [0.25, 0.3) is 0 Å². The topological polar surface area (TPSA) is 84.0 Å². The summed E-state index contributed by atoms with van der Waals surface area (Å²) >= 11 is 0. The van der Waals surface area contributed by atoms with Gasteiger partial charge in [0.2, 0.25) is 5.95 Å². The Hall–Kier alpha value is -1.37. The van der Waals surface area contributed by atoms with Gasteiger partial charge in [0.05, 0.1) is 4.75 Å². The lowest BCUT2D eigenvalue weighted by Gasteiger charge is -2.23. The minimum absolute atomic E-state index is 0.298. The van der Waals surface area contributed by atoms with Crippen molar-refractivity contribution in [2.45, 2.75) is 18.6 Å². The molecule has 0 bridgehead atoms. The van der Waals surface area contributed by atoms with Crippen molar-refractivity contribution in [3.63, 3.8) is 0 Å². The van der Waals surface area contributed by atoms with Crippen molar-refractivity contribution in [2.24, 2.45) is 0 Å². The van der Waals surface area contributed by atoms with Crippen molar-refractivity contribution < 1.29 is 8.42 Å². The van der Waals surface area contributed by atoms with Crippen molar-refractivity contribution in [1.82, 2.24) is 9.97 Å². The second-order valence-electron chi connectivity index (χ2n) is 4.40. The Balaban J connectivity index is 2.74. The number of aromatic nitrogens is 2. The summed E-state index contributed by atoms with van der Waals surface area (Å²) in [5.74, 6) is 1.09. The molecule has 1 aromatic heterocycles. The summed E-state index contributed by atoms with van der Waals surface area (Å²) in [4.78, 5) is 8.12. The van der Waals surface area contributed by atoms with E-state index in [1.165, 1.54) is 6.26 Å². The SMILES string of the molecule is CNc1nccc(NCC(C)(C)S(C)(=O)=O)n1. The Morgan fingerprint density at radius 1 is 1.41 bits per heavy atom. The fourth-order valence-corrected chi connectivity index (χ4v) is 1.35. The van der Waals surface area contributed by atoms with E-state index in [1.54, 1.807) is 33.2 Å². The number of anilines is 2. The maximum atomic E-state index is 11.5. The highest BCUT2D eigenvalue weighted by atomic mass is 32.2. The molecule has 0 amide bonds.